The van der Waals surface area contributed by atoms with Crippen molar-refractivity contribution < 1.29 is 9.72 Å². The van der Waals surface area contributed by atoms with Gasteiger partial charge in [0.05, 0.1) is 4.92 Å². The summed E-state index contributed by atoms with van der Waals surface area (Å²) in [5, 5.41) is 15.2. The predicted octanol–water partition coefficient (Wildman–Crippen LogP) is 2.55. The lowest BCUT2D eigenvalue weighted by Crippen LogP contribution is -2.39. The van der Waals surface area contributed by atoms with Gasteiger partial charge in [-0.2, -0.15) is 5.10 Å². The maximum Gasteiger partial charge on any atom is 0.312 e. The second-order valence-corrected chi connectivity index (χ2v) is 6.52. The molecule has 0 radical (unpaired) electrons. The lowest BCUT2D eigenvalue weighted by molar-refractivity contribution is -0.386. The molecule has 0 unspecified atom stereocenters. The summed E-state index contributed by atoms with van der Waals surface area (Å²) in [7, 11) is 0. The van der Waals surface area contributed by atoms with Gasteiger partial charge in [-0.3, -0.25) is 19.6 Å². The highest BCUT2D eigenvalue weighted by Crippen LogP contribution is 2.21. The quantitative estimate of drug-likeness (QED) is 0.572. The molecule has 0 aliphatic rings. The van der Waals surface area contributed by atoms with E-state index in [1.54, 1.807) is 13.8 Å². The minimum atomic E-state index is -0.446. The molecule has 124 valence electrons. The topological polar surface area (TPSA) is 81.3 Å². The van der Waals surface area contributed by atoms with Crippen molar-refractivity contribution in [1.29, 1.82) is 0 Å². The third-order valence-corrected chi connectivity index (χ3v) is 3.33. The Balaban J connectivity index is 2.94. The third-order valence-electron chi connectivity index (χ3n) is 3.33. The van der Waals surface area contributed by atoms with E-state index < -0.39 is 4.92 Å². The van der Waals surface area contributed by atoms with E-state index in [0.717, 1.165) is 0 Å². The van der Waals surface area contributed by atoms with Gasteiger partial charge in [0, 0.05) is 13.1 Å². The van der Waals surface area contributed by atoms with Crippen molar-refractivity contribution in [3.63, 3.8) is 0 Å². The number of nitro groups is 1. The van der Waals surface area contributed by atoms with Crippen molar-refractivity contribution in [2.45, 2.75) is 48.1 Å². The summed E-state index contributed by atoms with van der Waals surface area (Å²) in [5.41, 5.74) is 0.756. The maximum atomic E-state index is 12.5. The smallest absolute Gasteiger partial charge is 0.312 e. The van der Waals surface area contributed by atoms with Crippen molar-refractivity contribution >= 4 is 11.6 Å². The number of nitrogens with zero attached hydrogens (tertiary/aromatic N) is 4. The molecular weight excluding hydrogens is 284 g/mol. The van der Waals surface area contributed by atoms with Gasteiger partial charge < -0.3 is 4.90 Å². The standard InChI is InChI=1S/C15H26N4O3/c1-10(2)7-17(8-11(3)4)14(20)9-18-13(6)15(19(21)22)12(5)16-18/h10-11H,7-9H2,1-6H3. The summed E-state index contributed by atoms with van der Waals surface area (Å²) in [6.07, 6.45) is 0. The molecule has 0 fully saturated rings. The molecule has 1 rings (SSSR count). The molecule has 1 heterocycles. The molecule has 0 saturated heterocycles. The fourth-order valence-electron chi connectivity index (χ4n) is 2.49. The van der Waals surface area contributed by atoms with Crippen molar-refractivity contribution in [2.75, 3.05) is 13.1 Å². The Labute approximate surface area is 131 Å². The molecule has 1 amide bonds. The van der Waals surface area contributed by atoms with Gasteiger partial charge in [0.15, 0.2) is 0 Å². The molecule has 0 bridgehead atoms. The van der Waals surface area contributed by atoms with Gasteiger partial charge in [0.25, 0.3) is 0 Å². The van der Waals surface area contributed by atoms with Gasteiger partial charge in [-0.05, 0) is 25.7 Å². The second-order valence-electron chi connectivity index (χ2n) is 6.52. The van der Waals surface area contributed by atoms with Crippen LogP contribution in [-0.4, -0.2) is 38.6 Å². The van der Waals surface area contributed by atoms with Gasteiger partial charge in [-0.1, -0.05) is 27.7 Å². The molecule has 0 aliphatic carbocycles. The summed E-state index contributed by atoms with van der Waals surface area (Å²) in [6.45, 7) is 12.9. The number of amides is 1. The van der Waals surface area contributed by atoms with Crippen LogP contribution >= 0.6 is 0 Å². The van der Waals surface area contributed by atoms with E-state index in [4.69, 9.17) is 0 Å². The number of aryl methyl sites for hydroxylation is 1. The molecule has 1 aromatic heterocycles. The first-order chi connectivity index (χ1) is 10.1. The van der Waals surface area contributed by atoms with Crippen LogP contribution in [0.4, 0.5) is 5.69 Å². The number of carbonyl (C=O) groups excluding carboxylic acids is 1. The first-order valence-corrected chi connectivity index (χ1v) is 7.59. The first kappa shape index (κ1) is 18.1. The zero-order valence-electron chi connectivity index (χ0n) is 14.3. The van der Waals surface area contributed by atoms with Crippen LogP contribution in [-0.2, 0) is 11.3 Å². The number of hydrogen-bond donors (Lipinski definition) is 0. The fraction of sp³-hybridized carbons (Fsp3) is 0.733. The average Bonchev–Trinajstić information content (AvgIpc) is 2.62. The monoisotopic (exact) mass is 310 g/mol. The SMILES string of the molecule is Cc1nn(CC(=O)N(CC(C)C)CC(C)C)c(C)c1[N+](=O)[O-]. The molecule has 1 aromatic rings. The molecule has 0 aliphatic heterocycles. The van der Waals surface area contributed by atoms with E-state index in [1.165, 1.54) is 4.68 Å². The van der Waals surface area contributed by atoms with Crippen LogP contribution in [0.3, 0.4) is 0 Å². The van der Waals surface area contributed by atoms with Crippen LogP contribution < -0.4 is 0 Å². The first-order valence-electron chi connectivity index (χ1n) is 7.59. The number of hydrogen-bond acceptors (Lipinski definition) is 4. The van der Waals surface area contributed by atoms with Crippen LogP contribution in [0.2, 0.25) is 0 Å². The highest BCUT2D eigenvalue weighted by atomic mass is 16.6. The summed E-state index contributed by atoms with van der Waals surface area (Å²) in [6, 6.07) is 0. The van der Waals surface area contributed by atoms with Crippen LogP contribution in [0.5, 0.6) is 0 Å². The third kappa shape index (κ3) is 4.54. The molecule has 7 nitrogen and oxygen atoms in total. The fourth-order valence-corrected chi connectivity index (χ4v) is 2.49. The molecule has 7 heteroatoms. The normalized spacial score (nSPS) is 11.3. The maximum absolute atomic E-state index is 12.5. The molecule has 0 N–H and O–H groups in total. The van der Waals surface area contributed by atoms with E-state index in [1.807, 2.05) is 4.90 Å². The lowest BCUT2D eigenvalue weighted by Gasteiger charge is -2.26. The Hall–Kier alpha value is -1.92. The van der Waals surface area contributed by atoms with E-state index >= 15 is 0 Å². The van der Waals surface area contributed by atoms with E-state index in [9.17, 15) is 14.9 Å². The molecule has 0 spiro atoms. The van der Waals surface area contributed by atoms with Crippen LogP contribution in [0.1, 0.15) is 39.1 Å². The van der Waals surface area contributed by atoms with Gasteiger partial charge in [-0.25, -0.2) is 0 Å². The van der Waals surface area contributed by atoms with Crippen molar-refractivity contribution in [1.82, 2.24) is 14.7 Å². The highest BCUT2D eigenvalue weighted by Gasteiger charge is 2.24. The van der Waals surface area contributed by atoms with Crippen LogP contribution in [0.25, 0.3) is 0 Å². The molecule has 0 atom stereocenters. The van der Waals surface area contributed by atoms with Crippen LogP contribution in [0, 0.1) is 35.8 Å². The number of aromatic nitrogens is 2. The molecule has 0 aromatic carbocycles. The largest absolute Gasteiger partial charge is 0.341 e. The average molecular weight is 310 g/mol. The van der Waals surface area contributed by atoms with E-state index in [-0.39, 0.29) is 18.1 Å². The molecule has 22 heavy (non-hydrogen) atoms. The molecular formula is C15H26N4O3. The van der Waals surface area contributed by atoms with Gasteiger partial charge in [0.2, 0.25) is 5.91 Å². The minimum Gasteiger partial charge on any atom is -0.341 e. The Kier molecular flexibility index (Phi) is 6.08. The zero-order chi connectivity index (χ0) is 17.0. The zero-order valence-corrected chi connectivity index (χ0v) is 14.3. The van der Waals surface area contributed by atoms with Gasteiger partial charge in [0.1, 0.15) is 17.9 Å². The highest BCUT2D eigenvalue weighted by molar-refractivity contribution is 5.76. The second kappa shape index (κ2) is 7.38. The predicted molar refractivity (Wildman–Crippen MR) is 84.6 cm³/mol. The Morgan fingerprint density at radius 2 is 1.73 bits per heavy atom. The summed E-state index contributed by atoms with van der Waals surface area (Å²) in [5.74, 6) is 0.692. The number of carbonyl (C=O) groups is 1. The van der Waals surface area contributed by atoms with Gasteiger partial charge in [-0.15, -0.1) is 0 Å². The summed E-state index contributed by atoms with van der Waals surface area (Å²) >= 11 is 0. The lowest BCUT2D eigenvalue weighted by atomic mass is 10.1. The minimum absolute atomic E-state index is 0.00734. The molecule has 0 saturated carbocycles. The van der Waals surface area contributed by atoms with Crippen molar-refractivity contribution in [2.24, 2.45) is 11.8 Å². The van der Waals surface area contributed by atoms with E-state index in [2.05, 4.69) is 32.8 Å². The summed E-state index contributed by atoms with van der Waals surface area (Å²) < 4.78 is 1.43. The number of rotatable bonds is 7. The Bertz CT molecular complexity index is 539. The van der Waals surface area contributed by atoms with Crippen molar-refractivity contribution in [3.05, 3.63) is 21.5 Å². The van der Waals surface area contributed by atoms with Crippen LogP contribution in [0.15, 0.2) is 0 Å². The van der Waals surface area contributed by atoms with Crippen molar-refractivity contribution in [3.8, 4) is 0 Å². The van der Waals surface area contributed by atoms with Gasteiger partial charge >= 0.3 is 5.69 Å². The Morgan fingerprint density at radius 3 is 2.09 bits per heavy atom. The summed E-state index contributed by atoms with van der Waals surface area (Å²) in [4.78, 5) is 24.9. The Morgan fingerprint density at radius 1 is 1.23 bits per heavy atom. The van der Waals surface area contributed by atoms with E-state index in [0.29, 0.717) is 36.3 Å².